The largest absolute Gasteiger partial charge is 0.339 e. The van der Waals surface area contributed by atoms with E-state index in [-0.39, 0.29) is 23.5 Å². The standard InChI is InChI=1S/C21H22ClFN2O2/c1-15(16-4-8-19(23)9-5-16)14-20(26)24-10-12-25(13-11-24)21(27)17-2-6-18(22)7-3-17/h2-9,15H,10-14H2,1H3. The molecule has 3 rings (SSSR count). The number of carbonyl (C=O) groups is 2. The Morgan fingerprint density at radius 3 is 2.11 bits per heavy atom. The lowest BCUT2D eigenvalue weighted by Crippen LogP contribution is -2.50. The van der Waals surface area contributed by atoms with E-state index in [1.54, 1.807) is 46.2 Å². The van der Waals surface area contributed by atoms with Gasteiger partial charge in [0.15, 0.2) is 0 Å². The van der Waals surface area contributed by atoms with Gasteiger partial charge in [0, 0.05) is 43.2 Å². The van der Waals surface area contributed by atoms with Gasteiger partial charge in [-0.1, -0.05) is 30.7 Å². The second kappa shape index (κ2) is 8.53. The topological polar surface area (TPSA) is 40.6 Å². The maximum Gasteiger partial charge on any atom is 0.253 e. The van der Waals surface area contributed by atoms with Crippen LogP contribution in [0.15, 0.2) is 48.5 Å². The average Bonchev–Trinajstić information content (AvgIpc) is 2.68. The van der Waals surface area contributed by atoms with Crippen molar-refractivity contribution in [2.45, 2.75) is 19.3 Å². The molecule has 1 aliphatic rings. The molecule has 1 fully saturated rings. The van der Waals surface area contributed by atoms with Gasteiger partial charge < -0.3 is 9.80 Å². The second-order valence-electron chi connectivity index (χ2n) is 6.84. The van der Waals surface area contributed by atoms with Crippen LogP contribution in [0.2, 0.25) is 5.02 Å². The quantitative estimate of drug-likeness (QED) is 0.795. The van der Waals surface area contributed by atoms with Crippen LogP contribution in [0, 0.1) is 5.82 Å². The molecule has 0 radical (unpaired) electrons. The monoisotopic (exact) mass is 388 g/mol. The van der Waals surface area contributed by atoms with Crippen LogP contribution in [0.25, 0.3) is 0 Å². The Hall–Kier alpha value is -2.40. The molecule has 1 heterocycles. The Morgan fingerprint density at radius 2 is 1.52 bits per heavy atom. The molecule has 0 saturated carbocycles. The van der Waals surface area contributed by atoms with Gasteiger partial charge in [-0.2, -0.15) is 0 Å². The molecular weight excluding hydrogens is 367 g/mol. The minimum Gasteiger partial charge on any atom is -0.339 e. The van der Waals surface area contributed by atoms with Crippen LogP contribution in [0.4, 0.5) is 4.39 Å². The third-order valence-corrected chi connectivity index (χ3v) is 5.18. The van der Waals surface area contributed by atoms with Crippen LogP contribution < -0.4 is 0 Å². The lowest BCUT2D eigenvalue weighted by Gasteiger charge is -2.35. The van der Waals surface area contributed by atoms with Crippen molar-refractivity contribution in [2.75, 3.05) is 26.2 Å². The van der Waals surface area contributed by atoms with Crippen molar-refractivity contribution in [1.82, 2.24) is 9.80 Å². The fourth-order valence-corrected chi connectivity index (χ4v) is 3.36. The molecule has 0 bridgehead atoms. The number of rotatable bonds is 4. The van der Waals surface area contributed by atoms with Crippen molar-refractivity contribution >= 4 is 23.4 Å². The summed E-state index contributed by atoms with van der Waals surface area (Å²) >= 11 is 5.86. The van der Waals surface area contributed by atoms with Gasteiger partial charge in [-0.15, -0.1) is 0 Å². The van der Waals surface area contributed by atoms with E-state index < -0.39 is 0 Å². The van der Waals surface area contributed by atoms with Crippen molar-refractivity contribution in [2.24, 2.45) is 0 Å². The van der Waals surface area contributed by atoms with Crippen LogP contribution in [-0.2, 0) is 4.79 Å². The van der Waals surface area contributed by atoms with Crippen molar-refractivity contribution in [3.63, 3.8) is 0 Å². The van der Waals surface area contributed by atoms with Crippen LogP contribution in [0.5, 0.6) is 0 Å². The first kappa shape index (κ1) is 19.4. The Morgan fingerprint density at radius 1 is 0.963 bits per heavy atom. The summed E-state index contributed by atoms with van der Waals surface area (Å²) < 4.78 is 13.0. The zero-order valence-corrected chi connectivity index (χ0v) is 16.0. The maximum atomic E-state index is 13.0. The molecule has 6 heteroatoms. The molecule has 27 heavy (non-hydrogen) atoms. The third-order valence-electron chi connectivity index (χ3n) is 4.93. The highest BCUT2D eigenvalue weighted by molar-refractivity contribution is 6.30. The minimum atomic E-state index is -0.279. The highest BCUT2D eigenvalue weighted by Crippen LogP contribution is 2.21. The van der Waals surface area contributed by atoms with E-state index in [1.165, 1.54) is 12.1 Å². The molecule has 4 nitrogen and oxygen atoms in total. The maximum absolute atomic E-state index is 13.0. The molecule has 1 aliphatic heterocycles. The fourth-order valence-electron chi connectivity index (χ4n) is 3.23. The molecule has 0 aromatic heterocycles. The van der Waals surface area contributed by atoms with Crippen molar-refractivity contribution in [3.8, 4) is 0 Å². The predicted octanol–water partition coefficient (Wildman–Crippen LogP) is 3.96. The van der Waals surface area contributed by atoms with Gasteiger partial charge in [0.05, 0.1) is 0 Å². The van der Waals surface area contributed by atoms with Crippen molar-refractivity contribution < 1.29 is 14.0 Å². The van der Waals surface area contributed by atoms with E-state index in [9.17, 15) is 14.0 Å². The van der Waals surface area contributed by atoms with E-state index in [0.717, 1.165) is 5.56 Å². The molecular formula is C21H22ClFN2O2. The van der Waals surface area contributed by atoms with Gasteiger partial charge >= 0.3 is 0 Å². The first-order chi connectivity index (χ1) is 12.9. The smallest absolute Gasteiger partial charge is 0.253 e. The Labute approximate surface area is 163 Å². The summed E-state index contributed by atoms with van der Waals surface area (Å²) in [6.45, 7) is 4.03. The summed E-state index contributed by atoms with van der Waals surface area (Å²) in [6.07, 6.45) is 0.372. The predicted molar refractivity (Wildman–Crippen MR) is 103 cm³/mol. The number of amides is 2. The molecule has 0 aliphatic carbocycles. The molecule has 2 aromatic carbocycles. The Bertz CT molecular complexity index is 800. The van der Waals surface area contributed by atoms with Crippen molar-refractivity contribution in [1.29, 1.82) is 0 Å². The van der Waals surface area contributed by atoms with E-state index in [2.05, 4.69) is 0 Å². The van der Waals surface area contributed by atoms with Gasteiger partial charge in [0.25, 0.3) is 5.91 Å². The number of hydrogen-bond donors (Lipinski definition) is 0. The SMILES string of the molecule is CC(CC(=O)N1CCN(C(=O)c2ccc(Cl)cc2)CC1)c1ccc(F)cc1. The summed E-state index contributed by atoms with van der Waals surface area (Å²) in [5.74, 6) is -0.241. The van der Waals surface area contributed by atoms with E-state index >= 15 is 0 Å². The number of hydrogen-bond acceptors (Lipinski definition) is 2. The highest BCUT2D eigenvalue weighted by Gasteiger charge is 2.25. The average molecular weight is 389 g/mol. The molecule has 2 aromatic rings. The molecule has 2 amide bonds. The van der Waals surface area contributed by atoms with E-state index in [1.807, 2.05) is 6.92 Å². The molecule has 1 unspecified atom stereocenters. The first-order valence-corrected chi connectivity index (χ1v) is 9.40. The molecule has 142 valence electrons. The van der Waals surface area contributed by atoms with Crippen LogP contribution in [-0.4, -0.2) is 47.8 Å². The lowest BCUT2D eigenvalue weighted by atomic mass is 9.97. The highest BCUT2D eigenvalue weighted by atomic mass is 35.5. The van der Waals surface area contributed by atoms with Gasteiger partial charge in [-0.25, -0.2) is 4.39 Å². The normalized spacial score (nSPS) is 15.5. The summed E-state index contributed by atoms with van der Waals surface area (Å²) in [5, 5.41) is 0.595. The van der Waals surface area contributed by atoms with Gasteiger partial charge in [-0.3, -0.25) is 9.59 Å². The third kappa shape index (κ3) is 4.86. The van der Waals surface area contributed by atoms with Crippen LogP contribution in [0.3, 0.4) is 0 Å². The van der Waals surface area contributed by atoms with Crippen LogP contribution in [0.1, 0.15) is 35.2 Å². The van der Waals surface area contributed by atoms with E-state index in [4.69, 9.17) is 11.6 Å². The minimum absolute atomic E-state index is 0.0202. The van der Waals surface area contributed by atoms with Gasteiger partial charge in [-0.05, 0) is 47.9 Å². The zero-order chi connectivity index (χ0) is 19.4. The molecule has 0 spiro atoms. The second-order valence-corrected chi connectivity index (χ2v) is 7.27. The summed E-state index contributed by atoms with van der Waals surface area (Å²) in [7, 11) is 0. The Kier molecular flexibility index (Phi) is 6.11. The first-order valence-electron chi connectivity index (χ1n) is 9.02. The molecule has 1 atom stereocenters. The van der Waals surface area contributed by atoms with Gasteiger partial charge in [0.2, 0.25) is 5.91 Å². The van der Waals surface area contributed by atoms with Crippen LogP contribution >= 0.6 is 11.6 Å². The summed E-state index contributed by atoms with van der Waals surface area (Å²) in [6, 6.07) is 13.1. The number of benzene rings is 2. The van der Waals surface area contributed by atoms with Gasteiger partial charge in [0.1, 0.15) is 5.82 Å². The molecule has 1 saturated heterocycles. The Balaban J connectivity index is 1.52. The van der Waals surface area contributed by atoms with Crippen molar-refractivity contribution in [3.05, 3.63) is 70.5 Å². The number of halogens is 2. The zero-order valence-electron chi connectivity index (χ0n) is 15.2. The lowest BCUT2D eigenvalue weighted by molar-refractivity contribution is -0.133. The molecule has 0 N–H and O–H groups in total. The number of carbonyl (C=O) groups excluding carboxylic acids is 2. The van der Waals surface area contributed by atoms with E-state index in [0.29, 0.717) is 43.2 Å². The number of piperazine rings is 1. The number of nitrogens with zero attached hydrogens (tertiary/aromatic N) is 2. The summed E-state index contributed by atoms with van der Waals surface area (Å²) in [4.78, 5) is 28.7. The fraction of sp³-hybridized carbons (Fsp3) is 0.333. The summed E-state index contributed by atoms with van der Waals surface area (Å²) in [5.41, 5.74) is 1.55.